The monoisotopic (exact) mass is 217 g/mol. The topological polar surface area (TPSA) is 52.3 Å². The molecule has 0 saturated heterocycles. The predicted molar refractivity (Wildman–Crippen MR) is 61.4 cm³/mol. The number of hydrogen-bond donors (Lipinski definition) is 1. The number of carbonyl (C=O) groups excluding carboxylic acids is 1. The zero-order chi connectivity index (χ0) is 11.0. The maximum atomic E-state index is 11.2. The van der Waals surface area contributed by atoms with Gasteiger partial charge in [-0.15, -0.1) is 0 Å². The molecule has 3 nitrogen and oxygen atoms in total. The van der Waals surface area contributed by atoms with E-state index < -0.39 is 0 Å². The molecule has 0 aromatic heterocycles. The first kappa shape index (κ1) is 13.5. The fourth-order valence-corrected chi connectivity index (χ4v) is 1.76. The number of hydrogen-bond acceptors (Lipinski definition) is 4. The van der Waals surface area contributed by atoms with Crippen LogP contribution < -0.4 is 5.73 Å². The Bertz CT molecular complexity index is 195. The van der Waals surface area contributed by atoms with Gasteiger partial charge in [0.15, 0.2) is 0 Å². The van der Waals surface area contributed by atoms with Crippen LogP contribution in [0.3, 0.4) is 0 Å². The van der Waals surface area contributed by atoms with Gasteiger partial charge in [0.05, 0.1) is 6.61 Å². The largest absolute Gasteiger partial charge is 0.463 e. The second-order valence-corrected chi connectivity index (χ2v) is 4.45. The van der Waals surface area contributed by atoms with Gasteiger partial charge in [0.1, 0.15) is 0 Å². The number of esters is 1. The number of ether oxygens (including phenoxy) is 1. The van der Waals surface area contributed by atoms with Crippen LogP contribution in [0.15, 0.2) is 12.2 Å². The minimum atomic E-state index is -0.292. The van der Waals surface area contributed by atoms with Crippen LogP contribution in [0, 0.1) is 0 Å². The van der Waals surface area contributed by atoms with Gasteiger partial charge in [0, 0.05) is 16.6 Å². The summed E-state index contributed by atoms with van der Waals surface area (Å²) in [5.74, 6) is 0.333. The molecule has 0 aliphatic carbocycles. The molecular formula is C10H19NO2S. The highest BCUT2D eigenvalue weighted by atomic mass is 32.2. The summed E-state index contributed by atoms with van der Waals surface area (Å²) in [6, 6.07) is 0. The molecule has 0 aromatic rings. The molecule has 0 amide bonds. The van der Waals surface area contributed by atoms with Crippen molar-refractivity contribution in [3.8, 4) is 0 Å². The van der Waals surface area contributed by atoms with E-state index in [9.17, 15) is 4.79 Å². The molecule has 0 aliphatic rings. The number of nitrogens with two attached hydrogens (primary N) is 1. The predicted octanol–water partition coefficient (Wildman–Crippen LogP) is 1.58. The fraction of sp³-hybridized carbons (Fsp3) is 0.700. The lowest BCUT2D eigenvalue weighted by Gasteiger charge is -2.10. The lowest BCUT2D eigenvalue weighted by Crippen LogP contribution is -2.12. The lowest BCUT2D eigenvalue weighted by atomic mass is 10.3. The maximum absolute atomic E-state index is 11.2. The SMILES string of the molecule is C=C(CSC(C)CCN)C(=O)OCC. The first-order valence-corrected chi connectivity index (χ1v) is 5.83. The second-order valence-electron chi connectivity index (χ2n) is 3.02. The molecule has 0 radical (unpaired) electrons. The fourth-order valence-electron chi connectivity index (χ4n) is 0.853. The molecule has 0 saturated carbocycles. The van der Waals surface area contributed by atoms with Crippen molar-refractivity contribution in [1.29, 1.82) is 0 Å². The molecule has 0 rings (SSSR count). The minimum Gasteiger partial charge on any atom is -0.463 e. The van der Waals surface area contributed by atoms with E-state index >= 15 is 0 Å². The van der Waals surface area contributed by atoms with Gasteiger partial charge in [0.25, 0.3) is 0 Å². The van der Waals surface area contributed by atoms with Crippen molar-refractivity contribution < 1.29 is 9.53 Å². The van der Waals surface area contributed by atoms with E-state index in [0.717, 1.165) is 6.42 Å². The van der Waals surface area contributed by atoms with Crippen LogP contribution in [-0.2, 0) is 9.53 Å². The van der Waals surface area contributed by atoms with Gasteiger partial charge in [-0.25, -0.2) is 4.79 Å². The van der Waals surface area contributed by atoms with Crippen LogP contribution in [-0.4, -0.2) is 30.1 Å². The van der Waals surface area contributed by atoms with Crippen LogP contribution >= 0.6 is 11.8 Å². The summed E-state index contributed by atoms with van der Waals surface area (Å²) in [6.07, 6.45) is 0.959. The van der Waals surface area contributed by atoms with E-state index in [-0.39, 0.29) is 5.97 Å². The Morgan fingerprint density at radius 1 is 1.64 bits per heavy atom. The average Bonchev–Trinajstić information content (AvgIpc) is 2.15. The van der Waals surface area contributed by atoms with E-state index in [2.05, 4.69) is 13.5 Å². The Kier molecular flexibility index (Phi) is 7.61. The summed E-state index contributed by atoms with van der Waals surface area (Å²) >= 11 is 1.68. The summed E-state index contributed by atoms with van der Waals surface area (Å²) in [4.78, 5) is 11.2. The molecule has 0 aromatic carbocycles. The Morgan fingerprint density at radius 2 is 2.29 bits per heavy atom. The Hall–Kier alpha value is -0.480. The highest BCUT2D eigenvalue weighted by molar-refractivity contribution is 8.00. The maximum Gasteiger partial charge on any atom is 0.334 e. The molecule has 0 heterocycles. The molecule has 0 fully saturated rings. The third-order valence-electron chi connectivity index (χ3n) is 1.68. The van der Waals surface area contributed by atoms with Gasteiger partial charge in [-0.1, -0.05) is 13.5 Å². The molecule has 2 N–H and O–H groups in total. The van der Waals surface area contributed by atoms with Crippen molar-refractivity contribution >= 4 is 17.7 Å². The third kappa shape index (κ3) is 6.05. The molecule has 82 valence electrons. The number of carbonyl (C=O) groups is 1. The summed E-state index contributed by atoms with van der Waals surface area (Å²) in [6.45, 7) is 8.64. The molecular weight excluding hydrogens is 198 g/mol. The standard InChI is InChI=1S/C10H19NO2S/c1-4-13-10(12)8(2)7-14-9(3)5-6-11/h9H,2,4-7,11H2,1,3H3. The lowest BCUT2D eigenvalue weighted by molar-refractivity contribution is -0.138. The molecule has 14 heavy (non-hydrogen) atoms. The normalized spacial score (nSPS) is 12.2. The highest BCUT2D eigenvalue weighted by Crippen LogP contribution is 2.16. The summed E-state index contributed by atoms with van der Waals surface area (Å²) in [7, 11) is 0. The van der Waals surface area contributed by atoms with Gasteiger partial charge in [-0.2, -0.15) is 11.8 Å². The van der Waals surface area contributed by atoms with Crippen LogP contribution in [0.2, 0.25) is 0 Å². The smallest absolute Gasteiger partial charge is 0.334 e. The van der Waals surface area contributed by atoms with E-state index in [1.807, 2.05) is 0 Å². The van der Waals surface area contributed by atoms with E-state index in [0.29, 0.717) is 29.7 Å². The van der Waals surface area contributed by atoms with Crippen molar-refractivity contribution in [1.82, 2.24) is 0 Å². The molecule has 4 heteroatoms. The van der Waals surface area contributed by atoms with Crippen molar-refractivity contribution in [2.24, 2.45) is 5.73 Å². The second kappa shape index (κ2) is 7.88. The zero-order valence-corrected chi connectivity index (χ0v) is 9.73. The van der Waals surface area contributed by atoms with E-state index in [4.69, 9.17) is 10.5 Å². The Labute approximate surface area is 90.1 Å². The minimum absolute atomic E-state index is 0.292. The first-order chi connectivity index (χ1) is 6.61. The molecule has 0 aliphatic heterocycles. The van der Waals surface area contributed by atoms with Gasteiger partial charge in [-0.3, -0.25) is 0 Å². The quantitative estimate of drug-likeness (QED) is 0.519. The molecule has 0 spiro atoms. The van der Waals surface area contributed by atoms with Gasteiger partial charge < -0.3 is 10.5 Å². The van der Waals surface area contributed by atoms with Crippen molar-refractivity contribution in [3.05, 3.63) is 12.2 Å². The van der Waals surface area contributed by atoms with E-state index in [1.165, 1.54) is 0 Å². The van der Waals surface area contributed by atoms with Crippen LogP contribution in [0.25, 0.3) is 0 Å². The van der Waals surface area contributed by atoms with Gasteiger partial charge in [0.2, 0.25) is 0 Å². The summed E-state index contributed by atoms with van der Waals surface area (Å²) in [5.41, 5.74) is 5.94. The first-order valence-electron chi connectivity index (χ1n) is 4.78. The third-order valence-corrected chi connectivity index (χ3v) is 3.00. The molecule has 0 bridgehead atoms. The summed E-state index contributed by atoms with van der Waals surface area (Å²) < 4.78 is 4.82. The van der Waals surface area contributed by atoms with E-state index in [1.54, 1.807) is 18.7 Å². The number of rotatable bonds is 7. The molecule has 1 unspecified atom stereocenters. The highest BCUT2D eigenvalue weighted by Gasteiger charge is 2.09. The van der Waals surface area contributed by atoms with Gasteiger partial charge >= 0.3 is 5.97 Å². The Morgan fingerprint density at radius 3 is 2.79 bits per heavy atom. The molecule has 1 atom stereocenters. The van der Waals surface area contributed by atoms with Crippen LogP contribution in [0.4, 0.5) is 0 Å². The summed E-state index contributed by atoms with van der Waals surface area (Å²) in [5, 5.41) is 0.464. The van der Waals surface area contributed by atoms with Crippen molar-refractivity contribution in [2.75, 3.05) is 18.9 Å². The van der Waals surface area contributed by atoms with Crippen LogP contribution in [0.5, 0.6) is 0 Å². The Balaban J connectivity index is 3.67. The average molecular weight is 217 g/mol. The number of thioether (sulfide) groups is 1. The van der Waals surface area contributed by atoms with Gasteiger partial charge in [-0.05, 0) is 19.9 Å². The van der Waals surface area contributed by atoms with Crippen LogP contribution in [0.1, 0.15) is 20.3 Å². The van der Waals surface area contributed by atoms with Crippen molar-refractivity contribution in [3.63, 3.8) is 0 Å². The van der Waals surface area contributed by atoms with Crippen molar-refractivity contribution in [2.45, 2.75) is 25.5 Å². The zero-order valence-electron chi connectivity index (χ0n) is 8.91.